The molecule has 1 aromatic heterocycles. The van der Waals surface area contributed by atoms with Gasteiger partial charge in [0.1, 0.15) is 18.2 Å². The Bertz CT molecular complexity index is 448. The van der Waals surface area contributed by atoms with Crippen LogP contribution in [0.4, 0.5) is 4.79 Å². The van der Waals surface area contributed by atoms with Crippen molar-refractivity contribution in [3.8, 4) is 0 Å². The van der Waals surface area contributed by atoms with E-state index in [1.54, 1.807) is 17.9 Å². The summed E-state index contributed by atoms with van der Waals surface area (Å²) < 4.78 is 6.54. The number of aliphatic carboxylic acids is 1. The molecule has 0 aliphatic heterocycles. The van der Waals surface area contributed by atoms with Crippen molar-refractivity contribution >= 4 is 12.0 Å². The third-order valence-electron chi connectivity index (χ3n) is 2.65. The molecule has 1 rings (SSSR count). The van der Waals surface area contributed by atoms with Gasteiger partial charge >= 0.3 is 12.0 Å². The van der Waals surface area contributed by atoms with Gasteiger partial charge in [-0.25, -0.2) is 9.59 Å². The zero-order chi connectivity index (χ0) is 15.0. The molecule has 0 bridgehead atoms. The normalized spacial score (nSPS) is 11.9. The van der Waals surface area contributed by atoms with Gasteiger partial charge in [-0.1, -0.05) is 0 Å². The lowest BCUT2D eigenvalue weighted by atomic mass is 10.2. The molecule has 9 heteroatoms. The van der Waals surface area contributed by atoms with Crippen molar-refractivity contribution in [1.29, 1.82) is 0 Å². The number of amides is 2. The fraction of sp³-hybridized carbons (Fsp3) is 0.636. The summed E-state index contributed by atoms with van der Waals surface area (Å²) in [5.41, 5.74) is 0. The molecule has 0 aliphatic rings. The van der Waals surface area contributed by atoms with Gasteiger partial charge in [-0.15, -0.1) is 10.2 Å². The highest BCUT2D eigenvalue weighted by molar-refractivity contribution is 5.82. The van der Waals surface area contributed by atoms with Crippen LogP contribution >= 0.6 is 0 Å². The first-order valence-electron chi connectivity index (χ1n) is 6.13. The van der Waals surface area contributed by atoms with Crippen LogP contribution in [0.5, 0.6) is 0 Å². The summed E-state index contributed by atoms with van der Waals surface area (Å²) >= 11 is 0. The quantitative estimate of drug-likeness (QED) is 0.572. The Balaban J connectivity index is 2.31. The predicted octanol–water partition coefficient (Wildman–Crippen LogP) is -0.853. The average Bonchev–Trinajstić information content (AvgIpc) is 2.80. The lowest BCUT2D eigenvalue weighted by molar-refractivity contribution is -0.139. The number of carbonyl (C=O) groups is 2. The second kappa shape index (κ2) is 8.10. The van der Waals surface area contributed by atoms with Crippen molar-refractivity contribution in [2.24, 2.45) is 7.05 Å². The van der Waals surface area contributed by atoms with Crippen molar-refractivity contribution in [2.75, 3.05) is 20.3 Å². The molecule has 1 unspecified atom stereocenters. The lowest BCUT2D eigenvalue weighted by Crippen LogP contribution is -2.47. The summed E-state index contributed by atoms with van der Waals surface area (Å²) in [4.78, 5) is 22.5. The van der Waals surface area contributed by atoms with E-state index in [1.165, 1.54) is 7.11 Å². The van der Waals surface area contributed by atoms with Crippen LogP contribution in [-0.4, -0.2) is 58.2 Å². The Kier molecular flexibility index (Phi) is 6.44. The molecule has 0 fully saturated rings. The van der Waals surface area contributed by atoms with Crippen LogP contribution in [0.25, 0.3) is 0 Å². The number of hydrogen-bond acceptors (Lipinski definition) is 5. The molecule has 0 aliphatic carbocycles. The van der Waals surface area contributed by atoms with E-state index in [9.17, 15) is 9.59 Å². The zero-order valence-electron chi connectivity index (χ0n) is 11.5. The summed E-state index contributed by atoms with van der Waals surface area (Å²) in [6.07, 6.45) is 2.29. The summed E-state index contributed by atoms with van der Waals surface area (Å²) in [5.74, 6) is -0.357. The maximum Gasteiger partial charge on any atom is 0.326 e. The minimum absolute atomic E-state index is 0.211. The molecule has 1 heterocycles. The van der Waals surface area contributed by atoms with E-state index in [1.807, 2.05) is 0 Å². The van der Waals surface area contributed by atoms with E-state index in [-0.39, 0.29) is 13.0 Å². The first-order valence-corrected chi connectivity index (χ1v) is 6.13. The smallest absolute Gasteiger partial charge is 0.326 e. The highest BCUT2D eigenvalue weighted by Crippen LogP contribution is 1.94. The van der Waals surface area contributed by atoms with Crippen molar-refractivity contribution in [3.05, 3.63) is 12.2 Å². The van der Waals surface area contributed by atoms with E-state index < -0.39 is 18.0 Å². The summed E-state index contributed by atoms with van der Waals surface area (Å²) in [6.45, 7) is 0.602. The Labute approximate surface area is 116 Å². The molecule has 112 valence electrons. The van der Waals surface area contributed by atoms with Gasteiger partial charge in [0.2, 0.25) is 0 Å². The number of nitrogens with zero attached hydrogens (tertiary/aromatic N) is 3. The zero-order valence-corrected chi connectivity index (χ0v) is 11.5. The van der Waals surface area contributed by atoms with Gasteiger partial charge in [0, 0.05) is 40.2 Å². The average molecular weight is 285 g/mol. The third kappa shape index (κ3) is 5.22. The lowest BCUT2D eigenvalue weighted by Gasteiger charge is -2.14. The van der Waals surface area contributed by atoms with Gasteiger partial charge in [-0.05, 0) is 0 Å². The second-order valence-corrected chi connectivity index (χ2v) is 4.18. The number of carboxylic acids is 1. The van der Waals surface area contributed by atoms with Crippen molar-refractivity contribution in [2.45, 2.75) is 18.9 Å². The van der Waals surface area contributed by atoms with Crippen LogP contribution in [0.3, 0.4) is 0 Å². The largest absolute Gasteiger partial charge is 0.480 e. The number of ether oxygens (including phenoxy) is 1. The number of carboxylic acid groups (broad SMARTS) is 1. The standard InChI is InChI=1S/C11H19N5O4/c1-16-7-13-15-9(16)3-5-12-11(19)14-8(10(17)18)4-6-20-2/h7-8H,3-6H2,1-2H3,(H,17,18)(H2,12,14,19). The van der Waals surface area contributed by atoms with E-state index in [4.69, 9.17) is 9.84 Å². The van der Waals surface area contributed by atoms with Gasteiger partial charge in [-0.3, -0.25) is 0 Å². The SMILES string of the molecule is COCCC(NC(=O)NCCc1nncn1C)C(=O)O. The molecule has 1 aromatic rings. The van der Waals surface area contributed by atoms with Gasteiger partial charge < -0.3 is 25.0 Å². The number of urea groups is 1. The van der Waals surface area contributed by atoms with Crippen molar-refractivity contribution in [1.82, 2.24) is 25.4 Å². The Morgan fingerprint density at radius 3 is 2.85 bits per heavy atom. The van der Waals surface area contributed by atoms with Crippen LogP contribution in [-0.2, 0) is 23.0 Å². The van der Waals surface area contributed by atoms with Gasteiger partial charge in [-0.2, -0.15) is 0 Å². The summed E-state index contributed by atoms with van der Waals surface area (Å²) in [5, 5.41) is 21.5. The molecule has 0 spiro atoms. The molecule has 0 saturated heterocycles. The van der Waals surface area contributed by atoms with Gasteiger partial charge in [0.15, 0.2) is 0 Å². The maximum absolute atomic E-state index is 11.6. The number of nitrogens with one attached hydrogen (secondary N) is 2. The summed E-state index contributed by atoms with van der Waals surface area (Å²) in [6, 6.07) is -1.50. The maximum atomic E-state index is 11.6. The topological polar surface area (TPSA) is 118 Å². The van der Waals surface area contributed by atoms with Crippen LogP contribution in [0.2, 0.25) is 0 Å². The number of hydrogen-bond donors (Lipinski definition) is 3. The minimum atomic E-state index is -1.09. The first kappa shape index (κ1) is 15.9. The van der Waals surface area contributed by atoms with Crippen molar-refractivity contribution < 1.29 is 19.4 Å². The number of aryl methyl sites for hydroxylation is 1. The number of methoxy groups -OCH3 is 1. The molecular formula is C11H19N5O4. The molecule has 3 N–H and O–H groups in total. The Morgan fingerprint density at radius 1 is 1.55 bits per heavy atom. The van der Waals surface area contributed by atoms with Crippen molar-refractivity contribution in [3.63, 3.8) is 0 Å². The minimum Gasteiger partial charge on any atom is -0.480 e. The van der Waals surface area contributed by atoms with Gasteiger partial charge in [0.05, 0.1) is 0 Å². The van der Waals surface area contributed by atoms with Crippen LogP contribution in [0.15, 0.2) is 6.33 Å². The summed E-state index contributed by atoms with van der Waals surface area (Å²) in [7, 11) is 3.28. The molecule has 0 aromatic carbocycles. The Morgan fingerprint density at radius 2 is 2.30 bits per heavy atom. The first-order chi connectivity index (χ1) is 9.54. The highest BCUT2D eigenvalue weighted by Gasteiger charge is 2.19. The van der Waals surface area contributed by atoms with Gasteiger partial charge in [0.25, 0.3) is 0 Å². The van der Waals surface area contributed by atoms with Crippen LogP contribution in [0.1, 0.15) is 12.2 Å². The molecule has 2 amide bonds. The van der Waals surface area contributed by atoms with Crippen LogP contribution in [0, 0.1) is 0 Å². The molecule has 0 radical (unpaired) electrons. The Hall–Kier alpha value is -2.16. The number of aromatic nitrogens is 3. The monoisotopic (exact) mass is 285 g/mol. The second-order valence-electron chi connectivity index (χ2n) is 4.18. The number of carbonyl (C=O) groups excluding carboxylic acids is 1. The molecule has 1 atom stereocenters. The predicted molar refractivity (Wildman–Crippen MR) is 69.2 cm³/mol. The van der Waals surface area contributed by atoms with E-state index in [0.29, 0.717) is 13.0 Å². The van der Waals surface area contributed by atoms with E-state index >= 15 is 0 Å². The molecule has 20 heavy (non-hydrogen) atoms. The molecular weight excluding hydrogens is 266 g/mol. The van der Waals surface area contributed by atoms with Crippen LogP contribution < -0.4 is 10.6 Å². The highest BCUT2D eigenvalue weighted by atomic mass is 16.5. The molecule has 9 nitrogen and oxygen atoms in total. The number of rotatable bonds is 8. The van der Waals surface area contributed by atoms with E-state index in [2.05, 4.69) is 20.8 Å². The van der Waals surface area contributed by atoms with E-state index in [0.717, 1.165) is 5.82 Å². The fourth-order valence-electron chi connectivity index (χ4n) is 1.52. The molecule has 0 saturated carbocycles. The third-order valence-corrected chi connectivity index (χ3v) is 2.65. The fourth-order valence-corrected chi connectivity index (χ4v) is 1.52.